The van der Waals surface area contributed by atoms with Crippen molar-refractivity contribution in [2.75, 3.05) is 18.4 Å². The average Bonchev–Trinajstić information content (AvgIpc) is 3.01. The van der Waals surface area contributed by atoms with E-state index in [0.29, 0.717) is 13.0 Å². The number of hydrogen-bond donors (Lipinski definition) is 1. The van der Waals surface area contributed by atoms with Gasteiger partial charge in [0.1, 0.15) is 0 Å². The van der Waals surface area contributed by atoms with Gasteiger partial charge in [-0.05, 0) is 24.1 Å². The Bertz CT molecular complexity index is 821. The quantitative estimate of drug-likeness (QED) is 0.864. The molecule has 0 spiro atoms. The molecule has 1 N–H and O–H groups in total. The summed E-state index contributed by atoms with van der Waals surface area (Å²) >= 11 is 0. The summed E-state index contributed by atoms with van der Waals surface area (Å²) in [6.07, 6.45) is -3.89. The lowest BCUT2D eigenvalue weighted by Gasteiger charge is -2.17. The number of nitrogens with zero attached hydrogens (tertiary/aromatic N) is 1. The fourth-order valence-electron chi connectivity index (χ4n) is 3.15. The monoisotopic (exact) mass is 376 g/mol. The van der Waals surface area contributed by atoms with Crippen LogP contribution < -0.4 is 5.32 Å². The van der Waals surface area contributed by atoms with Gasteiger partial charge in [-0.2, -0.15) is 13.2 Å². The van der Waals surface area contributed by atoms with Crippen LogP contribution in [0, 0.1) is 5.92 Å². The van der Waals surface area contributed by atoms with Crippen molar-refractivity contribution in [3.8, 4) is 0 Å². The van der Waals surface area contributed by atoms with Crippen LogP contribution in [-0.2, 0) is 22.2 Å². The molecule has 1 aliphatic rings. The van der Waals surface area contributed by atoms with Crippen LogP contribution in [0.25, 0.3) is 0 Å². The van der Waals surface area contributed by atoms with Crippen molar-refractivity contribution in [3.63, 3.8) is 0 Å². The van der Waals surface area contributed by atoms with Crippen LogP contribution in [-0.4, -0.2) is 29.8 Å². The fraction of sp³-hybridized carbons (Fsp3) is 0.300. The van der Waals surface area contributed by atoms with Crippen molar-refractivity contribution in [2.45, 2.75) is 19.0 Å². The minimum Gasteiger partial charge on any atom is -0.342 e. The summed E-state index contributed by atoms with van der Waals surface area (Å²) in [7, 11) is 0. The molecule has 2 aromatic rings. The smallest absolute Gasteiger partial charge is 0.342 e. The Kier molecular flexibility index (Phi) is 5.48. The predicted molar refractivity (Wildman–Crippen MR) is 94.9 cm³/mol. The molecule has 27 heavy (non-hydrogen) atoms. The Labute approximate surface area is 155 Å². The van der Waals surface area contributed by atoms with E-state index < -0.39 is 23.6 Å². The van der Waals surface area contributed by atoms with Crippen LogP contribution in [0.3, 0.4) is 0 Å². The van der Waals surface area contributed by atoms with Crippen molar-refractivity contribution in [2.24, 2.45) is 5.92 Å². The first kappa shape index (κ1) is 18.9. The van der Waals surface area contributed by atoms with E-state index in [1.807, 2.05) is 30.3 Å². The van der Waals surface area contributed by atoms with Gasteiger partial charge in [-0.15, -0.1) is 0 Å². The summed E-state index contributed by atoms with van der Waals surface area (Å²) in [4.78, 5) is 26.1. The summed E-state index contributed by atoms with van der Waals surface area (Å²) in [6, 6.07) is 14.5. The van der Waals surface area contributed by atoms with E-state index in [1.54, 1.807) is 4.90 Å². The Morgan fingerprint density at radius 1 is 1.07 bits per heavy atom. The highest BCUT2D eigenvalue weighted by molar-refractivity contribution is 5.97. The lowest BCUT2D eigenvalue weighted by molar-refractivity contribution is -0.137. The van der Waals surface area contributed by atoms with Gasteiger partial charge >= 0.3 is 6.18 Å². The number of nitrogens with one attached hydrogen (secondary N) is 1. The van der Waals surface area contributed by atoms with Gasteiger partial charge in [0.15, 0.2) is 0 Å². The van der Waals surface area contributed by atoms with Crippen LogP contribution in [0.5, 0.6) is 0 Å². The van der Waals surface area contributed by atoms with E-state index in [9.17, 15) is 22.8 Å². The zero-order valence-corrected chi connectivity index (χ0v) is 14.5. The van der Waals surface area contributed by atoms with E-state index in [0.717, 1.165) is 11.6 Å². The maximum Gasteiger partial charge on any atom is 0.418 e. The van der Waals surface area contributed by atoms with E-state index in [-0.39, 0.29) is 24.6 Å². The van der Waals surface area contributed by atoms with Crippen molar-refractivity contribution >= 4 is 17.5 Å². The van der Waals surface area contributed by atoms with Gasteiger partial charge in [-0.3, -0.25) is 9.59 Å². The molecule has 1 saturated heterocycles. The molecule has 1 unspecified atom stereocenters. The van der Waals surface area contributed by atoms with Gasteiger partial charge in [0, 0.05) is 19.5 Å². The van der Waals surface area contributed by atoms with Crippen molar-refractivity contribution in [3.05, 3.63) is 65.7 Å². The molecule has 3 rings (SSSR count). The second-order valence-corrected chi connectivity index (χ2v) is 6.51. The topological polar surface area (TPSA) is 49.4 Å². The van der Waals surface area contributed by atoms with Gasteiger partial charge in [-0.1, -0.05) is 42.5 Å². The Morgan fingerprint density at radius 2 is 1.74 bits per heavy atom. The molecule has 0 saturated carbocycles. The first-order valence-corrected chi connectivity index (χ1v) is 8.63. The SMILES string of the molecule is O=C(Nc1ccccc1C(F)(F)F)C1CC(=O)N(CCc2ccccc2)C1. The molecule has 2 aromatic carbocycles. The molecular weight excluding hydrogens is 357 g/mol. The molecule has 7 heteroatoms. The first-order valence-electron chi connectivity index (χ1n) is 8.63. The van der Waals surface area contributed by atoms with Crippen LogP contribution in [0.4, 0.5) is 18.9 Å². The number of halogens is 3. The second-order valence-electron chi connectivity index (χ2n) is 6.51. The Morgan fingerprint density at radius 3 is 2.44 bits per heavy atom. The van der Waals surface area contributed by atoms with Crippen LogP contribution in [0.15, 0.2) is 54.6 Å². The summed E-state index contributed by atoms with van der Waals surface area (Å²) in [5.41, 5.74) is -0.105. The van der Waals surface area contributed by atoms with Gasteiger partial charge in [-0.25, -0.2) is 0 Å². The lowest BCUT2D eigenvalue weighted by Crippen LogP contribution is -2.30. The first-order chi connectivity index (χ1) is 12.8. The van der Waals surface area contributed by atoms with E-state index in [1.165, 1.54) is 18.2 Å². The van der Waals surface area contributed by atoms with E-state index in [4.69, 9.17) is 0 Å². The van der Waals surface area contributed by atoms with E-state index in [2.05, 4.69) is 5.32 Å². The number of rotatable bonds is 5. The minimum atomic E-state index is -4.56. The number of amides is 2. The number of anilines is 1. The molecule has 1 heterocycles. The molecule has 0 radical (unpaired) electrons. The van der Waals surface area contributed by atoms with Crippen molar-refractivity contribution in [1.29, 1.82) is 0 Å². The number of benzene rings is 2. The van der Waals surface area contributed by atoms with Gasteiger partial charge < -0.3 is 10.2 Å². The number of alkyl halides is 3. The zero-order valence-electron chi connectivity index (χ0n) is 14.5. The fourth-order valence-corrected chi connectivity index (χ4v) is 3.15. The zero-order chi connectivity index (χ0) is 19.4. The number of hydrogen-bond acceptors (Lipinski definition) is 2. The summed E-state index contributed by atoms with van der Waals surface area (Å²) in [5.74, 6) is -1.38. The highest BCUT2D eigenvalue weighted by Gasteiger charge is 2.37. The third-order valence-electron chi connectivity index (χ3n) is 4.59. The molecule has 2 amide bonds. The molecule has 1 aliphatic heterocycles. The van der Waals surface area contributed by atoms with E-state index >= 15 is 0 Å². The second kappa shape index (κ2) is 7.82. The third kappa shape index (κ3) is 4.67. The molecular formula is C20H19F3N2O2. The molecule has 1 fully saturated rings. The van der Waals surface area contributed by atoms with Crippen molar-refractivity contribution in [1.82, 2.24) is 4.90 Å². The number of carbonyl (C=O) groups excluding carboxylic acids is 2. The Balaban J connectivity index is 1.61. The summed E-state index contributed by atoms with van der Waals surface area (Å²) in [5, 5.41) is 2.34. The molecule has 142 valence electrons. The largest absolute Gasteiger partial charge is 0.418 e. The summed E-state index contributed by atoms with van der Waals surface area (Å²) in [6.45, 7) is 0.692. The van der Waals surface area contributed by atoms with Gasteiger partial charge in [0.2, 0.25) is 11.8 Å². The van der Waals surface area contributed by atoms with Crippen molar-refractivity contribution < 1.29 is 22.8 Å². The minimum absolute atomic E-state index is 0.00874. The van der Waals surface area contributed by atoms with Gasteiger partial charge in [0.05, 0.1) is 17.2 Å². The van der Waals surface area contributed by atoms with Crippen LogP contribution in [0.2, 0.25) is 0 Å². The molecule has 1 atom stereocenters. The maximum absolute atomic E-state index is 13.0. The standard InChI is InChI=1S/C20H19F3N2O2/c21-20(22,23)16-8-4-5-9-17(16)24-19(27)15-12-18(26)25(13-15)11-10-14-6-2-1-3-7-14/h1-9,15H,10-13H2,(H,24,27). The highest BCUT2D eigenvalue weighted by atomic mass is 19.4. The molecule has 4 nitrogen and oxygen atoms in total. The number of likely N-dealkylation sites (tertiary alicyclic amines) is 1. The predicted octanol–water partition coefficient (Wildman–Crippen LogP) is 3.74. The molecule has 0 aromatic heterocycles. The Hall–Kier alpha value is -2.83. The highest BCUT2D eigenvalue weighted by Crippen LogP contribution is 2.35. The maximum atomic E-state index is 13.0. The average molecular weight is 376 g/mol. The molecule has 0 bridgehead atoms. The normalized spacial score (nSPS) is 17.2. The number of para-hydroxylation sites is 1. The summed E-state index contributed by atoms with van der Waals surface area (Å²) < 4.78 is 39.1. The lowest BCUT2D eigenvalue weighted by atomic mass is 10.1. The van der Waals surface area contributed by atoms with Gasteiger partial charge in [0.25, 0.3) is 0 Å². The molecule has 0 aliphatic carbocycles. The van der Waals surface area contributed by atoms with Crippen LogP contribution in [0.1, 0.15) is 17.5 Å². The number of carbonyl (C=O) groups is 2. The van der Waals surface area contributed by atoms with Crippen LogP contribution >= 0.6 is 0 Å². The third-order valence-corrected chi connectivity index (χ3v) is 4.59.